The first-order valence-corrected chi connectivity index (χ1v) is 11.5. The van der Waals surface area contributed by atoms with E-state index in [9.17, 15) is 9.59 Å². The first-order valence-electron chi connectivity index (χ1n) is 9.91. The van der Waals surface area contributed by atoms with Crippen LogP contribution in [0.15, 0.2) is 74.1 Å². The van der Waals surface area contributed by atoms with Gasteiger partial charge in [-0.05, 0) is 50.1 Å². The van der Waals surface area contributed by atoms with Crippen molar-refractivity contribution in [2.75, 3.05) is 6.61 Å². The maximum atomic E-state index is 13.5. The summed E-state index contributed by atoms with van der Waals surface area (Å²) in [5.74, 6) is -0.449. The van der Waals surface area contributed by atoms with Crippen molar-refractivity contribution in [1.29, 1.82) is 0 Å². The van der Waals surface area contributed by atoms with Crippen LogP contribution >= 0.6 is 27.3 Å². The predicted molar refractivity (Wildman–Crippen MR) is 126 cm³/mol. The number of fused-ring (bicyclic) bond motifs is 1. The third kappa shape index (κ3) is 4.20. The number of ether oxygens (including phenoxy) is 1. The molecule has 1 atom stereocenters. The number of benzene rings is 2. The molecular weight excluding hydrogens is 476 g/mol. The minimum absolute atomic E-state index is 0.177. The smallest absolute Gasteiger partial charge is 0.338 e. The van der Waals surface area contributed by atoms with E-state index in [4.69, 9.17) is 4.74 Å². The van der Waals surface area contributed by atoms with Gasteiger partial charge >= 0.3 is 5.97 Å². The van der Waals surface area contributed by atoms with Gasteiger partial charge in [-0.1, -0.05) is 69.2 Å². The largest absolute Gasteiger partial charge is 0.463 e. The molecule has 158 valence electrons. The van der Waals surface area contributed by atoms with Crippen LogP contribution in [0.2, 0.25) is 0 Å². The van der Waals surface area contributed by atoms with Crippen LogP contribution in [-0.2, 0) is 9.53 Å². The van der Waals surface area contributed by atoms with E-state index in [0.29, 0.717) is 20.6 Å². The molecule has 0 saturated heterocycles. The monoisotopic (exact) mass is 496 g/mol. The standard InChI is InChI=1S/C24H21BrN2O3S/c1-4-30-23(29)20-15(3)26-24-27(21(20)17-10-8-14(2)9-11-17)22(28)19(31-24)13-16-6-5-7-18(25)12-16/h5-13,21H,4H2,1-3H3/t21-/m0/s1. The summed E-state index contributed by atoms with van der Waals surface area (Å²) >= 11 is 4.79. The first-order chi connectivity index (χ1) is 14.9. The molecule has 4 rings (SSSR count). The fourth-order valence-electron chi connectivity index (χ4n) is 3.60. The fourth-order valence-corrected chi connectivity index (χ4v) is 5.07. The molecule has 0 N–H and O–H groups in total. The van der Waals surface area contributed by atoms with Gasteiger partial charge in [0.15, 0.2) is 4.80 Å². The number of rotatable bonds is 4. The first kappa shape index (κ1) is 21.5. The Bertz CT molecular complexity index is 1370. The van der Waals surface area contributed by atoms with Crippen LogP contribution in [0.3, 0.4) is 0 Å². The highest BCUT2D eigenvalue weighted by Gasteiger charge is 2.33. The molecule has 3 aromatic rings. The fraction of sp³-hybridized carbons (Fsp3) is 0.208. The van der Waals surface area contributed by atoms with Crippen molar-refractivity contribution in [2.24, 2.45) is 4.99 Å². The molecule has 5 nitrogen and oxygen atoms in total. The number of allylic oxidation sites excluding steroid dienone is 1. The van der Waals surface area contributed by atoms with Gasteiger partial charge in [-0.3, -0.25) is 9.36 Å². The van der Waals surface area contributed by atoms with Crippen LogP contribution in [0.1, 0.15) is 36.6 Å². The minimum Gasteiger partial charge on any atom is -0.463 e. The predicted octanol–water partition coefficient (Wildman–Crippen LogP) is 3.87. The number of aromatic nitrogens is 1. The van der Waals surface area contributed by atoms with Gasteiger partial charge in [-0.15, -0.1) is 0 Å². The lowest BCUT2D eigenvalue weighted by Crippen LogP contribution is -2.39. The van der Waals surface area contributed by atoms with E-state index in [1.807, 2.05) is 61.5 Å². The van der Waals surface area contributed by atoms with Gasteiger partial charge in [0.2, 0.25) is 0 Å². The van der Waals surface area contributed by atoms with Crippen molar-refractivity contribution < 1.29 is 9.53 Å². The normalized spacial score (nSPS) is 16.1. The van der Waals surface area contributed by atoms with Gasteiger partial charge in [-0.2, -0.15) is 0 Å². The number of carbonyl (C=O) groups is 1. The lowest BCUT2D eigenvalue weighted by atomic mass is 9.95. The molecule has 1 aromatic heterocycles. The Balaban J connectivity index is 1.96. The summed E-state index contributed by atoms with van der Waals surface area (Å²) in [5.41, 5.74) is 3.64. The Morgan fingerprint density at radius 3 is 2.65 bits per heavy atom. The van der Waals surface area contributed by atoms with Crippen LogP contribution in [0, 0.1) is 6.92 Å². The second-order valence-corrected chi connectivity index (χ2v) is 9.19. The Kier molecular flexibility index (Phi) is 6.07. The Morgan fingerprint density at radius 2 is 1.97 bits per heavy atom. The second kappa shape index (κ2) is 8.77. The van der Waals surface area contributed by atoms with Gasteiger partial charge < -0.3 is 4.74 Å². The molecule has 7 heteroatoms. The molecule has 31 heavy (non-hydrogen) atoms. The molecule has 1 aliphatic rings. The summed E-state index contributed by atoms with van der Waals surface area (Å²) in [5, 5.41) is 0. The molecule has 1 aliphatic heterocycles. The zero-order chi connectivity index (χ0) is 22.1. The van der Waals surface area contributed by atoms with Gasteiger partial charge in [0.05, 0.1) is 28.5 Å². The molecular formula is C24H21BrN2O3S. The number of esters is 1. The molecule has 0 bridgehead atoms. The van der Waals surface area contributed by atoms with Crippen LogP contribution < -0.4 is 14.9 Å². The molecule has 0 unspecified atom stereocenters. The van der Waals surface area contributed by atoms with E-state index >= 15 is 0 Å². The van der Waals surface area contributed by atoms with Crippen molar-refractivity contribution in [3.05, 3.63) is 101 Å². The van der Waals surface area contributed by atoms with Gasteiger partial charge in [0.25, 0.3) is 5.56 Å². The molecule has 2 aromatic carbocycles. The Hall–Kier alpha value is -2.77. The maximum Gasteiger partial charge on any atom is 0.338 e. The van der Waals surface area contributed by atoms with Gasteiger partial charge in [0, 0.05) is 4.47 Å². The molecule has 0 radical (unpaired) electrons. The average Bonchev–Trinajstić information content (AvgIpc) is 3.02. The van der Waals surface area contributed by atoms with Crippen molar-refractivity contribution in [3.8, 4) is 0 Å². The van der Waals surface area contributed by atoms with Crippen molar-refractivity contribution in [1.82, 2.24) is 4.57 Å². The van der Waals surface area contributed by atoms with E-state index < -0.39 is 12.0 Å². The number of thiazole rings is 1. The number of nitrogens with zero attached hydrogens (tertiary/aromatic N) is 2. The maximum absolute atomic E-state index is 13.5. The van der Waals surface area contributed by atoms with E-state index in [-0.39, 0.29) is 12.2 Å². The quantitative estimate of drug-likeness (QED) is 0.515. The van der Waals surface area contributed by atoms with Crippen molar-refractivity contribution >= 4 is 39.3 Å². The lowest BCUT2D eigenvalue weighted by Gasteiger charge is -2.24. The van der Waals surface area contributed by atoms with Gasteiger partial charge in [-0.25, -0.2) is 9.79 Å². The summed E-state index contributed by atoms with van der Waals surface area (Å²) < 4.78 is 8.42. The highest BCUT2D eigenvalue weighted by Crippen LogP contribution is 2.30. The number of hydrogen-bond acceptors (Lipinski definition) is 5. The highest BCUT2D eigenvalue weighted by atomic mass is 79.9. The third-order valence-corrected chi connectivity index (χ3v) is 6.53. The third-order valence-electron chi connectivity index (χ3n) is 5.06. The number of halogens is 1. The van der Waals surface area contributed by atoms with Crippen LogP contribution in [0.5, 0.6) is 0 Å². The molecule has 0 amide bonds. The zero-order valence-electron chi connectivity index (χ0n) is 17.4. The molecule has 0 fully saturated rings. The minimum atomic E-state index is -0.583. The number of hydrogen-bond donors (Lipinski definition) is 0. The summed E-state index contributed by atoms with van der Waals surface area (Å²) in [6.07, 6.45) is 1.85. The van der Waals surface area contributed by atoms with Crippen LogP contribution in [0.25, 0.3) is 6.08 Å². The summed E-state index contributed by atoms with van der Waals surface area (Å²) in [6, 6.07) is 15.0. The molecule has 2 heterocycles. The summed E-state index contributed by atoms with van der Waals surface area (Å²) in [7, 11) is 0. The Morgan fingerprint density at radius 1 is 1.23 bits per heavy atom. The number of aryl methyl sites for hydroxylation is 1. The highest BCUT2D eigenvalue weighted by molar-refractivity contribution is 9.10. The van der Waals surface area contributed by atoms with Crippen molar-refractivity contribution in [2.45, 2.75) is 26.8 Å². The van der Waals surface area contributed by atoms with E-state index in [0.717, 1.165) is 21.2 Å². The SMILES string of the molecule is CCOC(=O)C1=C(C)N=c2sc(=Cc3cccc(Br)c3)c(=O)n2[C@H]1c1ccc(C)cc1. The molecule has 0 aliphatic carbocycles. The van der Waals surface area contributed by atoms with E-state index in [2.05, 4.69) is 20.9 Å². The zero-order valence-corrected chi connectivity index (χ0v) is 19.8. The topological polar surface area (TPSA) is 60.7 Å². The van der Waals surface area contributed by atoms with Crippen LogP contribution in [0.4, 0.5) is 0 Å². The number of carbonyl (C=O) groups excluding carboxylic acids is 1. The molecule has 0 saturated carbocycles. The molecule has 0 spiro atoms. The summed E-state index contributed by atoms with van der Waals surface area (Å²) in [4.78, 5) is 31.5. The second-order valence-electron chi connectivity index (χ2n) is 7.27. The lowest BCUT2D eigenvalue weighted by molar-refractivity contribution is -0.139. The van der Waals surface area contributed by atoms with Gasteiger partial charge in [0.1, 0.15) is 0 Å². The van der Waals surface area contributed by atoms with E-state index in [1.54, 1.807) is 18.4 Å². The summed E-state index contributed by atoms with van der Waals surface area (Å²) in [6.45, 7) is 5.81. The van der Waals surface area contributed by atoms with Crippen molar-refractivity contribution in [3.63, 3.8) is 0 Å². The van der Waals surface area contributed by atoms with Crippen LogP contribution in [-0.4, -0.2) is 17.1 Å². The van der Waals surface area contributed by atoms with E-state index in [1.165, 1.54) is 11.3 Å². The average molecular weight is 497 g/mol. The Labute approximate surface area is 192 Å².